The summed E-state index contributed by atoms with van der Waals surface area (Å²) in [5.41, 5.74) is 5.68. The average molecular weight is 269 g/mol. The maximum absolute atomic E-state index is 5.68. The Hall–Kier alpha value is -1.27. The molecule has 0 radical (unpaired) electrons. The maximum atomic E-state index is 5.68. The first kappa shape index (κ1) is 12.2. The molecule has 0 spiro atoms. The van der Waals surface area contributed by atoms with Gasteiger partial charge in [0.05, 0.1) is 13.7 Å². The largest absolute Gasteiger partial charge is 0.490 e. The molecule has 0 unspecified atom stereocenters. The molecule has 0 atom stereocenters. The maximum Gasteiger partial charge on any atom is 0.197 e. The summed E-state index contributed by atoms with van der Waals surface area (Å²) in [6.07, 6.45) is 1.08. The Balaban J connectivity index is 2.01. The summed E-state index contributed by atoms with van der Waals surface area (Å²) in [6, 6.07) is 4.31. The number of aromatic nitrogens is 1. The molecule has 0 fully saturated rings. The molecule has 2 heterocycles. The molecular weight excluding hydrogens is 254 g/mol. The van der Waals surface area contributed by atoms with Crippen LogP contribution in [0, 0.1) is 0 Å². The van der Waals surface area contributed by atoms with Gasteiger partial charge in [-0.1, -0.05) is 6.92 Å². The highest BCUT2D eigenvalue weighted by molar-refractivity contribution is 7.12. The molecule has 2 aromatic rings. The summed E-state index contributed by atoms with van der Waals surface area (Å²) in [6.45, 7) is 2.94. The van der Waals surface area contributed by atoms with Crippen molar-refractivity contribution in [1.82, 2.24) is 4.37 Å². The van der Waals surface area contributed by atoms with Crippen molar-refractivity contribution in [2.45, 2.75) is 19.9 Å². The van der Waals surface area contributed by atoms with E-state index in [0.717, 1.165) is 18.0 Å². The molecule has 0 aliphatic heterocycles. The normalized spacial score (nSPS) is 10.5. The fraction of sp³-hybridized carbons (Fsp3) is 0.364. The monoisotopic (exact) mass is 269 g/mol. The smallest absolute Gasteiger partial charge is 0.197 e. The van der Waals surface area contributed by atoms with Crippen molar-refractivity contribution >= 4 is 33.7 Å². The second kappa shape index (κ2) is 5.37. The molecule has 92 valence electrons. The Morgan fingerprint density at radius 1 is 1.41 bits per heavy atom. The van der Waals surface area contributed by atoms with Gasteiger partial charge in [0, 0.05) is 9.75 Å². The lowest BCUT2D eigenvalue weighted by molar-refractivity contribution is 0.419. The van der Waals surface area contributed by atoms with Crippen molar-refractivity contribution in [3.8, 4) is 5.75 Å². The molecule has 0 saturated heterocycles. The predicted octanol–water partition coefficient (Wildman–Crippen LogP) is 2.97. The van der Waals surface area contributed by atoms with E-state index in [2.05, 4.69) is 28.7 Å². The third kappa shape index (κ3) is 2.70. The number of nitrogens with two attached hydrogens (primary N) is 1. The summed E-state index contributed by atoms with van der Waals surface area (Å²) in [5.74, 6) is 1.09. The van der Waals surface area contributed by atoms with Crippen molar-refractivity contribution in [2.75, 3.05) is 18.2 Å². The summed E-state index contributed by atoms with van der Waals surface area (Å²) in [7, 11) is 1.60. The van der Waals surface area contributed by atoms with Crippen LogP contribution in [-0.2, 0) is 13.0 Å². The SMILES string of the molecule is CCc1ccc(CNc2snc(N)c2OC)s1. The van der Waals surface area contributed by atoms with Gasteiger partial charge in [0.25, 0.3) is 0 Å². The average Bonchev–Trinajstić information content (AvgIpc) is 2.92. The Morgan fingerprint density at radius 3 is 2.82 bits per heavy atom. The molecule has 6 heteroatoms. The summed E-state index contributed by atoms with van der Waals surface area (Å²) in [5, 5.41) is 4.19. The van der Waals surface area contributed by atoms with Gasteiger partial charge in [0.1, 0.15) is 0 Å². The summed E-state index contributed by atoms with van der Waals surface area (Å²) < 4.78 is 9.25. The molecule has 17 heavy (non-hydrogen) atoms. The number of aryl methyl sites for hydroxylation is 1. The fourth-order valence-corrected chi connectivity index (χ4v) is 3.06. The molecule has 0 bridgehead atoms. The van der Waals surface area contributed by atoms with Crippen molar-refractivity contribution in [2.24, 2.45) is 0 Å². The Morgan fingerprint density at radius 2 is 2.18 bits per heavy atom. The zero-order valence-corrected chi connectivity index (χ0v) is 11.5. The third-order valence-corrected chi connectivity index (χ3v) is 4.40. The Kier molecular flexibility index (Phi) is 3.86. The molecule has 2 rings (SSSR count). The van der Waals surface area contributed by atoms with E-state index in [-0.39, 0.29) is 0 Å². The van der Waals surface area contributed by atoms with E-state index < -0.39 is 0 Å². The molecule has 0 amide bonds. The van der Waals surface area contributed by atoms with Crippen molar-refractivity contribution < 1.29 is 4.74 Å². The van der Waals surface area contributed by atoms with Crippen LogP contribution in [0.25, 0.3) is 0 Å². The topological polar surface area (TPSA) is 60.2 Å². The van der Waals surface area contributed by atoms with Gasteiger partial charge in [-0.15, -0.1) is 11.3 Å². The lowest BCUT2D eigenvalue weighted by Crippen LogP contribution is -1.98. The number of thiophene rings is 1. The Bertz CT molecular complexity index is 493. The number of hydrogen-bond acceptors (Lipinski definition) is 6. The first-order chi connectivity index (χ1) is 8.24. The summed E-state index contributed by atoms with van der Waals surface area (Å²) in [4.78, 5) is 2.70. The van der Waals surface area contributed by atoms with E-state index in [4.69, 9.17) is 10.5 Å². The van der Waals surface area contributed by atoms with Crippen LogP contribution in [0.1, 0.15) is 16.7 Å². The molecule has 4 nitrogen and oxygen atoms in total. The highest BCUT2D eigenvalue weighted by Gasteiger charge is 2.11. The third-order valence-electron chi connectivity index (χ3n) is 2.37. The van der Waals surface area contributed by atoms with Crippen LogP contribution < -0.4 is 15.8 Å². The number of hydrogen-bond donors (Lipinski definition) is 2. The van der Waals surface area contributed by atoms with E-state index in [1.807, 2.05) is 11.3 Å². The van der Waals surface area contributed by atoms with Crippen LogP contribution in [-0.4, -0.2) is 11.5 Å². The minimum Gasteiger partial charge on any atom is -0.490 e. The zero-order chi connectivity index (χ0) is 12.3. The number of nitrogens with one attached hydrogen (secondary N) is 1. The van der Waals surface area contributed by atoms with Gasteiger partial charge in [-0.2, -0.15) is 4.37 Å². The second-order valence-corrected chi connectivity index (χ2v) is 5.53. The molecular formula is C11H15N3OS2. The van der Waals surface area contributed by atoms with E-state index in [1.54, 1.807) is 7.11 Å². The first-order valence-corrected chi connectivity index (χ1v) is 6.94. The number of anilines is 2. The van der Waals surface area contributed by atoms with Gasteiger partial charge in [0.2, 0.25) is 0 Å². The van der Waals surface area contributed by atoms with Crippen LogP contribution in [0.15, 0.2) is 12.1 Å². The van der Waals surface area contributed by atoms with Crippen LogP contribution in [0.2, 0.25) is 0 Å². The Labute approximate surface area is 109 Å². The molecule has 2 aromatic heterocycles. The standard InChI is InChI=1S/C11H15N3OS2/c1-3-7-4-5-8(16-7)6-13-11-9(15-2)10(12)14-17-11/h4-5,13H,3,6H2,1-2H3,(H2,12,14). The lowest BCUT2D eigenvalue weighted by atomic mass is 10.3. The van der Waals surface area contributed by atoms with E-state index in [0.29, 0.717) is 11.6 Å². The number of rotatable bonds is 5. The van der Waals surface area contributed by atoms with Crippen LogP contribution >= 0.6 is 22.9 Å². The highest BCUT2D eigenvalue weighted by Crippen LogP contribution is 2.35. The quantitative estimate of drug-likeness (QED) is 0.876. The minimum absolute atomic E-state index is 0.445. The fourth-order valence-electron chi connectivity index (χ4n) is 1.48. The molecule has 0 saturated carbocycles. The van der Waals surface area contributed by atoms with Gasteiger partial charge >= 0.3 is 0 Å². The van der Waals surface area contributed by atoms with Crippen molar-refractivity contribution in [3.63, 3.8) is 0 Å². The molecule has 0 aliphatic carbocycles. The van der Waals surface area contributed by atoms with Gasteiger partial charge in [-0.25, -0.2) is 0 Å². The lowest BCUT2D eigenvalue weighted by Gasteiger charge is -2.04. The predicted molar refractivity (Wildman–Crippen MR) is 74.1 cm³/mol. The van der Waals surface area contributed by atoms with Crippen molar-refractivity contribution in [1.29, 1.82) is 0 Å². The summed E-state index contributed by atoms with van der Waals surface area (Å²) >= 11 is 3.15. The molecule has 3 N–H and O–H groups in total. The number of ether oxygens (including phenoxy) is 1. The molecule has 0 aliphatic rings. The molecule has 0 aromatic carbocycles. The van der Waals surface area contributed by atoms with Crippen molar-refractivity contribution in [3.05, 3.63) is 21.9 Å². The van der Waals surface area contributed by atoms with Gasteiger partial charge in [-0.05, 0) is 30.1 Å². The second-order valence-electron chi connectivity index (χ2n) is 3.51. The van der Waals surface area contributed by atoms with E-state index in [9.17, 15) is 0 Å². The van der Waals surface area contributed by atoms with Crippen LogP contribution in [0.5, 0.6) is 5.75 Å². The van der Waals surface area contributed by atoms with E-state index in [1.165, 1.54) is 21.3 Å². The van der Waals surface area contributed by atoms with Crippen LogP contribution in [0.3, 0.4) is 0 Å². The van der Waals surface area contributed by atoms with Gasteiger partial charge in [-0.3, -0.25) is 0 Å². The van der Waals surface area contributed by atoms with Gasteiger partial charge < -0.3 is 15.8 Å². The van der Waals surface area contributed by atoms with Crippen LogP contribution in [0.4, 0.5) is 10.8 Å². The number of methoxy groups -OCH3 is 1. The van der Waals surface area contributed by atoms with E-state index >= 15 is 0 Å². The zero-order valence-electron chi connectivity index (χ0n) is 9.82. The minimum atomic E-state index is 0.445. The highest BCUT2D eigenvalue weighted by atomic mass is 32.1. The first-order valence-electron chi connectivity index (χ1n) is 5.35. The van der Waals surface area contributed by atoms with Gasteiger partial charge in [0.15, 0.2) is 16.6 Å². The number of nitrogen functional groups attached to an aromatic ring is 1. The number of nitrogens with zero attached hydrogens (tertiary/aromatic N) is 1.